The maximum atomic E-state index is 10.6. The Bertz CT molecular complexity index is 580. The van der Waals surface area contributed by atoms with Crippen LogP contribution in [-0.4, -0.2) is 27.4 Å². The van der Waals surface area contributed by atoms with Crippen molar-refractivity contribution in [2.45, 2.75) is 18.6 Å². The first-order valence-electron chi connectivity index (χ1n) is 6.31. The van der Waals surface area contributed by atoms with Crippen molar-refractivity contribution in [3.8, 4) is 11.1 Å². The summed E-state index contributed by atoms with van der Waals surface area (Å²) in [6, 6.07) is 16.7. The van der Waals surface area contributed by atoms with Gasteiger partial charge in [-0.3, -0.25) is 4.79 Å². The summed E-state index contributed by atoms with van der Waals surface area (Å²) in [5.74, 6) is -1.14. The third-order valence-corrected chi connectivity index (χ3v) is 3.08. The van der Waals surface area contributed by atoms with Crippen LogP contribution in [0.4, 0.5) is 0 Å². The van der Waals surface area contributed by atoms with Crippen molar-refractivity contribution in [1.82, 2.24) is 0 Å². The van der Waals surface area contributed by atoms with Crippen LogP contribution in [0.15, 0.2) is 54.6 Å². The first-order valence-corrected chi connectivity index (χ1v) is 6.31. The second kappa shape index (κ2) is 6.32. The monoisotopic (exact) mass is 272 g/mol. The van der Waals surface area contributed by atoms with E-state index in [0.29, 0.717) is 5.56 Å². The first kappa shape index (κ1) is 14.2. The summed E-state index contributed by atoms with van der Waals surface area (Å²) in [6.45, 7) is 0. The van der Waals surface area contributed by atoms with E-state index in [1.165, 1.54) is 0 Å². The molecule has 0 saturated heterocycles. The third kappa shape index (κ3) is 3.44. The number of hydrogen-bond donors (Lipinski definition) is 3. The molecule has 2 aromatic rings. The van der Waals surface area contributed by atoms with Gasteiger partial charge in [0.2, 0.25) is 0 Å². The molecular weight excluding hydrogens is 256 g/mol. The summed E-state index contributed by atoms with van der Waals surface area (Å²) in [7, 11) is 0. The van der Waals surface area contributed by atoms with Crippen LogP contribution in [-0.2, 0) is 4.79 Å². The van der Waals surface area contributed by atoms with E-state index in [4.69, 9.17) is 5.11 Å². The molecule has 104 valence electrons. The fraction of sp³-hybridized carbons (Fsp3) is 0.188. The van der Waals surface area contributed by atoms with E-state index in [0.717, 1.165) is 11.1 Å². The van der Waals surface area contributed by atoms with Crippen LogP contribution in [0.1, 0.15) is 18.1 Å². The van der Waals surface area contributed by atoms with Gasteiger partial charge >= 0.3 is 5.97 Å². The van der Waals surface area contributed by atoms with Crippen LogP contribution < -0.4 is 0 Å². The third-order valence-electron chi connectivity index (χ3n) is 3.08. The van der Waals surface area contributed by atoms with Crippen LogP contribution >= 0.6 is 0 Å². The number of carbonyl (C=O) groups is 1. The van der Waals surface area contributed by atoms with Gasteiger partial charge in [-0.1, -0.05) is 48.5 Å². The zero-order chi connectivity index (χ0) is 14.5. The van der Waals surface area contributed by atoms with E-state index in [1.54, 1.807) is 18.2 Å². The predicted octanol–water partition coefficient (Wildman–Crippen LogP) is 2.22. The molecule has 0 amide bonds. The van der Waals surface area contributed by atoms with Gasteiger partial charge < -0.3 is 15.3 Å². The number of carboxylic acid groups (broad SMARTS) is 1. The number of hydrogen-bond acceptors (Lipinski definition) is 3. The van der Waals surface area contributed by atoms with Gasteiger partial charge in [-0.2, -0.15) is 0 Å². The molecule has 0 aliphatic carbocycles. The summed E-state index contributed by atoms with van der Waals surface area (Å²) in [4.78, 5) is 10.6. The van der Waals surface area contributed by atoms with Gasteiger partial charge in [0, 0.05) is 0 Å². The van der Waals surface area contributed by atoms with Crippen LogP contribution in [0, 0.1) is 0 Å². The summed E-state index contributed by atoms with van der Waals surface area (Å²) in [5.41, 5.74) is 2.40. The quantitative estimate of drug-likeness (QED) is 0.780. The minimum atomic E-state index is -1.32. The molecule has 20 heavy (non-hydrogen) atoms. The minimum Gasteiger partial charge on any atom is -0.481 e. The number of aliphatic carboxylic acids is 1. The van der Waals surface area contributed by atoms with E-state index >= 15 is 0 Å². The van der Waals surface area contributed by atoms with Crippen LogP contribution in [0.5, 0.6) is 0 Å². The largest absolute Gasteiger partial charge is 0.481 e. The molecule has 2 rings (SSSR count). The molecule has 4 heteroatoms. The smallest absolute Gasteiger partial charge is 0.306 e. The normalized spacial score (nSPS) is 13.7. The molecule has 0 bridgehead atoms. The average molecular weight is 272 g/mol. The van der Waals surface area contributed by atoms with E-state index in [-0.39, 0.29) is 0 Å². The summed E-state index contributed by atoms with van der Waals surface area (Å²) in [5, 5.41) is 28.3. The Balaban J connectivity index is 2.24. The molecule has 2 unspecified atom stereocenters. The molecule has 0 aliphatic rings. The fourth-order valence-corrected chi connectivity index (χ4v) is 2.05. The Morgan fingerprint density at radius 2 is 1.60 bits per heavy atom. The number of aliphatic hydroxyl groups is 2. The highest BCUT2D eigenvalue weighted by atomic mass is 16.4. The highest BCUT2D eigenvalue weighted by Crippen LogP contribution is 2.25. The van der Waals surface area contributed by atoms with Crippen molar-refractivity contribution < 1.29 is 20.1 Å². The van der Waals surface area contributed by atoms with E-state index in [1.807, 2.05) is 36.4 Å². The molecule has 2 atom stereocenters. The summed E-state index contributed by atoms with van der Waals surface area (Å²) >= 11 is 0. The Morgan fingerprint density at radius 1 is 0.950 bits per heavy atom. The van der Waals surface area contributed by atoms with E-state index in [9.17, 15) is 15.0 Å². The maximum absolute atomic E-state index is 10.6. The Labute approximate surface area is 116 Å². The second-order valence-electron chi connectivity index (χ2n) is 4.60. The first-order chi connectivity index (χ1) is 9.58. The molecule has 0 saturated carbocycles. The molecule has 0 fully saturated rings. The maximum Gasteiger partial charge on any atom is 0.306 e. The van der Waals surface area contributed by atoms with Crippen LogP contribution in [0.25, 0.3) is 11.1 Å². The van der Waals surface area contributed by atoms with E-state index < -0.39 is 24.6 Å². The minimum absolute atomic E-state index is 0.489. The van der Waals surface area contributed by atoms with Crippen molar-refractivity contribution in [3.05, 3.63) is 60.2 Å². The molecule has 2 aromatic carbocycles. The van der Waals surface area contributed by atoms with Crippen molar-refractivity contribution >= 4 is 5.97 Å². The molecule has 3 N–H and O–H groups in total. The standard InChI is InChI=1S/C16H16O4/c17-14(10-15(18)19)16(20)13-8-4-7-12(9-13)11-5-2-1-3-6-11/h1-9,14,16-17,20H,10H2,(H,18,19). The molecule has 0 radical (unpaired) electrons. The van der Waals surface area contributed by atoms with Crippen LogP contribution in [0.3, 0.4) is 0 Å². The lowest BCUT2D eigenvalue weighted by Crippen LogP contribution is -2.21. The Morgan fingerprint density at radius 3 is 2.25 bits per heavy atom. The van der Waals surface area contributed by atoms with Gasteiger partial charge in [-0.25, -0.2) is 0 Å². The van der Waals surface area contributed by atoms with Crippen molar-refractivity contribution in [2.75, 3.05) is 0 Å². The molecule has 0 aromatic heterocycles. The lowest BCUT2D eigenvalue weighted by molar-refractivity contribution is -0.141. The molecule has 0 heterocycles. The number of rotatable bonds is 5. The number of carboxylic acids is 1. The Hall–Kier alpha value is -2.17. The lowest BCUT2D eigenvalue weighted by Gasteiger charge is -2.17. The molecule has 0 spiro atoms. The molecule has 4 nitrogen and oxygen atoms in total. The zero-order valence-electron chi connectivity index (χ0n) is 10.8. The fourth-order valence-electron chi connectivity index (χ4n) is 2.05. The summed E-state index contributed by atoms with van der Waals surface area (Å²) in [6.07, 6.45) is -3.02. The highest BCUT2D eigenvalue weighted by Gasteiger charge is 2.21. The van der Waals surface area contributed by atoms with E-state index in [2.05, 4.69) is 0 Å². The van der Waals surface area contributed by atoms with Crippen molar-refractivity contribution in [2.24, 2.45) is 0 Å². The number of benzene rings is 2. The second-order valence-corrected chi connectivity index (χ2v) is 4.60. The van der Waals surface area contributed by atoms with Gasteiger partial charge in [-0.15, -0.1) is 0 Å². The van der Waals surface area contributed by atoms with Gasteiger partial charge in [0.25, 0.3) is 0 Å². The Kier molecular flexibility index (Phi) is 4.50. The SMILES string of the molecule is O=C(O)CC(O)C(O)c1cccc(-c2ccccc2)c1. The molecular formula is C16H16O4. The van der Waals surface area contributed by atoms with Gasteiger partial charge in [0.15, 0.2) is 0 Å². The van der Waals surface area contributed by atoms with Crippen molar-refractivity contribution in [1.29, 1.82) is 0 Å². The van der Waals surface area contributed by atoms with Gasteiger partial charge in [0.1, 0.15) is 6.10 Å². The van der Waals surface area contributed by atoms with Crippen LogP contribution in [0.2, 0.25) is 0 Å². The highest BCUT2D eigenvalue weighted by molar-refractivity contribution is 5.67. The lowest BCUT2D eigenvalue weighted by atomic mass is 9.97. The summed E-state index contributed by atoms with van der Waals surface area (Å²) < 4.78 is 0. The van der Waals surface area contributed by atoms with Crippen molar-refractivity contribution in [3.63, 3.8) is 0 Å². The van der Waals surface area contributed by atoms with Gasteiger partial charge in [-0.05, 0) is 22.8 Å². The number of aliphatic hydroxyl groups excluding tert-OH is 2. The zero-order valence-corrected chi connectivity index (χ0v) is 10.8. The topological polar surface area (TPSA) is 77.8 Å². The average Bonchev–Trinajstić information content (AvgIpc) is 2.47. The van der Waals surface area contributed by atoms with Gasteiger partial charge in [0.05, 0.1) is 12.5 Å². The molecule has 0 aliphatic heterocycles. The predicted molar refractivity (Wildman–Crippen MR) is 75.1 cm³/mol.